The molecule has 0 saturated heterocycles. The summed E-state index contributed by atoms with van der Waals surface area (Å²) in [6.45, 7) is 17.1. The van der Waals surface area contributed by atoms with Gasteiger partial charge in [0.15, 0.2) is 0 Å². The van der Waals surface area contributed by atoms with Crippen LogP contribution >= 0.6 is 0 Å². The van der Waals surface area contributed by atoms with E-state index in [4.69, 9.17) is 0 Å². The van der Waals surface area contributed by atoms with Gasteiger partial charge in [-0.2, -0.15) is 0 Å². The van der Waals surface area contributed by atoms with E-state index in [1.54, 1.807) is 6.20 Å². The van der Waals surface area contributed by atoms with Gasteiger partial charge >= 0.3 is 5.97 Å². The summed E-state index contributed by atoms with van der Waals surface area (Å²) in [5.74, 6) is 0.209. The van der Waals surface area contributed by atoms with E-state index in [1.165, 1.54) is 11.1 Å². The number of benzene rings is 2. The van der Waals surface area contributed by atoms with Crippen LogP contribution in [-0.2, 0) is 4.79 Å². The Morgan fingerprint density at radius 1 is 0.710 bits per heavy atom. The normalized spacial score (nSPS) is 12.2. The number of carboxylic acid groups (broad SMARTS) is 1. The maximum Gasteiger partial charge on any atom is 0.353 e. The topological polar surface area (TPSA) is 61.4 Å². The second-order valence-electron chi connectivity index (χ2n) is 9.37. The van der Waals surface area contributed by atoms with Gasteiger partial charge < -0.3 is 15.7 Å². The maximum absolute atomic E-state index is 12.2. The van der Waals surface area contributed by atoms with Crippen molar-refractivity contribution in [2.75, 3.05) is 10.6 Å². The highest BCUT2D eigenvalue weighted by Gasteiger charge is 2.18. The molecule has 0 spiro atoms. The number of rotatable bonds is 9. The Morgan fingerprint density at radius 3 is 1.39 bits per heavy atom. The van der Waals surface area contributed by atoms with Gasteiger partial charge in [0.2, 0.25) is 0 Å². The fourth-order valence-corrected chi connectivity index (χ4v) is 3.84. The molecule has 2 aromatic carbocycles. The Labute approximate surface area is 187 Å². The van der Waals surface area contributed by atoms with Crippen molar-refractivity contribution in [3.8, 4) is 0 Å². The predicted octanol–water partition coefficient (Wildman–Crippen LogP) is 7.63. The molecule has 0 radical (unpaired) electrons. The molecule has 0 heterocycles. The summed E-state index contributed by atoms with van der Waals surface area (Å²) in [5.41, 5.74) is 6.60. The van der Waals surface area contributed by atoms with Crippen molar-refractivity contribution in [2.45, 2.75) is 79.1 Å². The van der Waals surface area contributed by atoms with Crippen LogP contribution in [0.5, 0.6) is 0 Å². The van der Waals surface area contributed by atoms with Gasteiger partial charge in [0.25, 0.3) is 0 Å². The first-order valence-electron chi connectivity index (χ1n) is 11.3. The van der Waals surface area contributed by atoms with E-state index in [1.807, 2.05) is 6.07 Å². The second kappa shape index (κ2) is 10.5. The number of aliphatic carboxylic acids is 1. The zero-order chi connectivity index (χ0) is 23.3. The zero-order valence-electron chi connectivity index (χ0n) is 20.2. The van der Waals surface area contributed by atoms with Gasteiger partial charge in [-0.1, -0.05) is 91.8 Å². The Kier molecular flexibility index (Phi) is 8.32. The van der Waals surface area contributed by atoms with Crippen molar-refractivity contribution in [3.63, 3.8) is 0 Å². The predicted molar refractivity (Wildman–Crippen MR) is 132 cm³/mol. The summed E-state index contributed by atoms with van der Waals surface area (Å²) in [6, 6.07) is 12.5. The number of anilines is 2. The fraction of sp³-hybridized carbons (Fsp3) is 0.444. The van der Waals surface area contributed by atoms with Gasteiger partial charge in [-0.25, -0.2) is 4.79 Å². The van der Waals surface area contributed by atoms with Crippen LogP contribution in [0.4, 0.5) is 11.4 Å². The van der Waals surface area contributed by atoms with Crippen LogP contribution in [0, 0.1) is 0 Å². The molecule has 168 valence electrons. The van der Waals surface area contributed by atoms with Crippen molar-refractivity contribution in [2.24, 2.45) is 0 Å². The van der Waals surface area contributed by atoms with E-state index < -0.39 is 5.97 Å². The molecule has 0 unspecified atom stereocenters. The highest BCUT2D eigenvalue weighted by Crippen LogP contribution is 2.34. The van der Waals surface area contributed by atoms with Crippen molar-refractivity contribution in [3.05, 3.63) is 70.5 Å². The van der Waals surface area contributed by atoms with Crippen molar-refractivity contribution >= 4 is 17.3 Å². The molecular formula is C27H38N2O2. The van der Waals surface area contributed by atoms with Crippen molar-refractivity contribution < 1.29 is 9.90 Å². The summed E-state index contributed by atoms with van der Waals surface area (Å²) in [5, 5.41) is 16.5. The molecule has 2 aromatic rings. The molecule has 0 aromatic heterocycles. The number of para-hydroxylation sites is 2. The van der Waals surface area contributed by atoms with E-state index in [0.717, 1.165) is 22.5 Å². The molecule has 4 heteroatoms. The quantitative estimate of drug-likeness (QED) is 0.364. The van der Waals surface area contributed by atoms with E-state index in [2.05, 4.69) is 96.4 Å². The number of carbonyl (C=O) groups is 1. The third kappa shape index (κ3) is 5.90. The standard InChI is InChI=1S/C27H38N2O2/c1-16(2)20-11-9-12-21(17(3)4)25(20)28-15-24(27(30)31)29-26-22(18(5)6)13-10-14-23(26)19(7)8/h9-19,28-29H,1-8H3,(H,30,31)/b24-15+. The first-order chi connectivity index (χ1) is 14.5. The largest absolute Gasteiger partial charge is 0.477 e. The molecule has 0 saturated carbocycles. The van der Waals surface area contributed by atoms with E-state index in [9.17, 15) is 9.90 Å². The lowest BCUT2D eigenvalue weighted by Gasteiger charge is -2.22. The summed E-state index contributed by atoms with van der Waals surface area (Å²) in [6.07, 6.45) is 1.59. The van der Waals surface area contributed by atoms with E-state index in [0.29, 0.717) is 11.8 Å². The lowest BCUT2D eigenvalue weighted by Crippen LogP contribution is -2.16. The Balaban J connectivity index is 2.53. The van der Waals surface area contributed by atoms with Crippen LogP contribution in [0.1, 0.15) is 101 Å². The van der Waals surface area contributed by atoms with Crippen LogP contribution in [0.3, 0.4) is 0 Å². The van der Waals surface area contributed by atoms with Gasteiger partial charge in [-0.15, -0.1) is 0 Å². The van der Waals surface area contributed by atoms with Crippen LogP contribution in [0.2, 0.25) is 0 Å². The van der Waals surface area contributed by atoms with Crippen LogP contribution in [-0.4, -0.2) is 11.1 Å². The molecule has 0 aliphatic rings. The Morgan fingerprint density at radius 2 is 1.06 bits per heavy atom. The molecule has 0 atom stereocenters. The minimum atomic E-state index is -0.992. The first-order valence-corrected chi connectivity index (χ1v) is 11.3. The zero-order valence-corrected chi connectivity index (χ0v) is 20.2. The van der Waals surface area contributed by atoms with Crippen LogP contribution in [0.25, 0.3) is 0 Å². The van der Waals surface area contributed by atoms with Crippen LogP contribution in [0.15, 0.2) is 48.3 Å². The van der Waals surface area contributed by atoms with Crippen molar-refractivity contribution in [1.29, 1.82) is 0 Å². The van der Waals surface area contributed by atoms with Crippen LogP contribution < -0.4 is 10.6 Å². The smallest absolute Gasteiger partial charge is 0.353 e. The van der Waals surface area contributed by atoms with Gasteiger partial charge in [-0.3, -0.25) is 0 Å². The molecule has 31 heavy (non-hydrogen) atoms. The molecule has 0 aliphatic heterocycles. The Hall–Kier alpha value is -2.75. The lowest BCUT2D eigenvalue weighted by molar-refractivity contribution is -0.132. The molecule has 0 aliphatic carbocycles. The number of hydrogen-bond donors (Lipinski definition) is 3. The third-order valence-corrected chi connectivity index (χ3v) is 5.60. The highest BCUT2D eigenvalue weighted by molar-refractivity contribution is 5.91. The molecule has 4 nitrogen and oxygen atoms in total. The number of nitrogens with one attached hydrogen (secondary N) is 2. The summed E-state index contributed by atoms with van der Waals surface area (Å²) in [7, 11) is 0. The maximum atomic E-state index is 12.2. The number of hydrogen-bond acceptors (Lipinski definition) is 3. The molecule has 0 fully saturated rings. The lowest BCUT2D eigenvalue weighted by atomic mass is 9.92. The molecule has 2 rings (SSSR count). The van der Waals surface area contributed by atoms with E-state index >= 15 is 0 Å². The van der Waals surface area contributed by atoms with Gasteiger partial charge in [0.1, 0.15) is 5.70 Å². The van der Waals surface area contributed by atoms with Gasteiger partial charge in [0, 0.05) is 17.6 Å². The SMILES string of the molecule is CC(C)c1cccc(C(C)C)c1N/C=C(/Nc1c(C(C)C)cccc1C(C)C)C(=O)O. The summed E-state index contributed by atoms with van der Waals surface area (Å²) < 4.78 is 0. The van der Waals surface area contributed by atoms with Gasteiger partial charge in [0.05, 0.1) is 0 Å². The Bertz CT molecular complexity index is 888. The monoisotopic (exact) mass is 422 g/mol. The molecular weight excluding hydrogens is 384 g/mol. The third-order valence-electron chi connectivity index (χ3n) is 5.60. The number of carboxylic acids is 1. The second-order valence-corrected chi connectivity index (χ2v) is 9.37. The van der Waals surface area contributed by atoms with Crippen molar-refractivity contribution in [1.82, 2.24) is 0 Å². The summed E-state index contributed by atoms with van der Waals surface area (Å²) >= 11 is 0. The minimum absolute atomic E-state index is 0.128. The average molecular weight is 423 g/mol. The average Bonchev–Trinajstić information content (AvgIpc) is 2.69. The van der Waals surface area contributed by atoms with Gasteiger partial charge in [-0.05, 0) is 45.9 Å². The molecule has 0 amide bonds. The molecule has 3 N–H and O–H groups in total. The minimum Gasteiger partial charge on any atom is -0.477 e. The van der Waals surface area contributed by atoms with E-state index in [-0.39, 0.29) is 17.5 Å². The first kappa shape index (κ1) is 24.5. The summed E-state index contributed by atoms with van der Waals surface area (Å²) in [4.78, 5) is 12.2. The highest BCUT2D eigenvalue weighted by atomic mass is 16.4. The fourth-order valence-electron chi connectivity index (χ4n) is 3.84. The molecule has 0 bridgehead atoms.